The minimum atomic E-state index is -0.0761. The standard InChI is InChI=1S/C16H15BrClN3O2S/c1-3-23-15-12(17)4-10(18)5-13(15)19-7-11-6-14(22)21-9(2)8-24-16(21)20-11/h4-6,8,19H,3,7H2,1-2H3. The number of hydrogen-bond acceptors (Lipinski definition) is 5. The molecule has 2 aromatic heterocycles. The van der Waals surface area contributed by atoms with Crippen molar-refractivity contribution in [3.8, 4) is 5.75 Å². The molecule has 0 atom stereocenters. The quantitative estimate of drug-likeness (QED) is 0.650. The van der Waals surface area contributed by atoms with Crippen molar-refractivity contribution in [3.05, 3.63) is 54.8 Å². The normalized spacial score (nSPS) is 11.0. The van der Waals surface area contributed by atoms with E-state index in [0.29, 0.717) is 34.6 Å². The number of ether oxygens (including phenoxy) is 1. The van der Waals surface area contributed by atoms with Gasteiger partial charge in [0, 0.05) is 22.2 Å². The Morgan fingerprint density at radius 3 is 2.96 bits per heavy atom. The van der Waals surface area contributed by atoms with Gasteiger partial charge in [0.1, 0.15) is 0 Å². The topological polar surface area (TPSA) is 55.6 Å². The molecule has 0 amide bonds. The van der Waals surface area contributed by atoms with E-state index in [1.165, 1.54) is 11.3 Å². The summed E-state index contributed by atoms with van der Waals surface area (Å²) in [6, 6.07) is 5.11. The maximum Gasteiger partial charge on any atom is 0.259 e. The van der Waals surface area contributed by atoms with Crippen LogP contribution in [-0.4, -0.2) is 16.0 Å². The van der Waals surface area contributed by atoms with E-state index in [4.69, 9.17) is 16.3 Å². The zero-order chi connectivity index (χ0) is 17.3. The largest absolute Gasteiger partial charge is 0.491 e. The van der Waals surface area contributed by atoms with Gasteiger partial charge in [0.25, 0.3) is 5.56 Å². The van der Waals surface area contributed by atoms with Gasteiger partial charge in [-0.25, -0.2) is 4.98 Å². The van der Waals surface area contributed by atoms with Gasteiger partial charge < -0.3 is 10.1 Å². The maximum atomic E-state index is 12.2. The Bertz CT molecular complexity index is 954. The molecule has 0 radical (unpaired) electrons. The summed E-state index contributed by atoms with van der Waals surface area (Å²) in [5.41, 5.74) is 2.23. The lowest BCUT2D eigenvalue weighted by atomic mass is 10.2. The van der Waals surface area contributed by atoms with E-state index in [0.717, 1.165) is 15.9 Å². The molecule has 0 unspecified atom stereocenters. The van der Waals surface area contributed by atoms with Crippen molar-refractivity contribution in [1.82, 2.24) is 9.38 Å². The fourth-order valence-corrected chi connectivity index (χ4v) is 4.18. The van der Waals surface area contributed by atoms with Crippen molar-refractivity contribution >= 4 is 49.5 Å². The SMILES string of the molecule is CCOc1c(Br)cc(Cl)cc1NCc1cc(=O)n2c(C)csc2n1. The van der Waals surface area contributed by atoms with Crippen LogP contribution in [0.15, 0.2) is 32.8 Å². The fraction of sp³-hybridized carbons (Fsp3) is 0.250. The smallest absolute Gasteiger partial charge is 0.259 e. The number of halogens is 2. The monoisotopic (exact) mass is 427 g/mol. The van der Waals surface area contributed by atoms with Gasteiger partial charge in [-0.1, -0.05) is 11.6 Å². The molecular weight excluding hydrogens is 414 g/mol. The summed E-state index contributed by atoms with van der Waals surface area (Å²) >= 11 is 11.0. The Kier molecular flexibility index (Phi) is 5.12. The van der Waals surface area contributed by atoms with E-state index < -0.39 is 0 Å². The van der Waals surface area contributed by atoms with Crippen molar-refractivity contribution in [2.24, 2.45) is 0 Å². The molecule has 0 saturated heterocycles. The van der Waals surface area contributed by atoms with E-state index in [-0.39, 0.29) is 5.56 Å². The number of hydrogen-bond donors (Lipinski definition) is 1. The van der Waals surface area contributed by atoms with E-state index >= 15 is 0 Å². The third kappa shape index (κ3) is 3.43. The summed E-state index contributed by atoms with van der Waals surface area (Å²) in [7, 11) is 0. The molecule has 0 spiro atoms. The summed E-state index contributed by atoms with van der Waals surface area (Å²) in [6.07, 6.45) is 0. The lowest BCUT2D eigenvalue weighted by Gasteiger charge is -2.14. The highest BCUT2D eigenvalue weighted by Gasteiger charge is 2.11. The van der Waals surface area contributed by atoms with Crippen LogP contribution in [0.4, 0.5) is 5.69 Å². The van der Waals surface area contributed by atoms with E-state index in [1.807, 2.05) is 19.2 Å². The first-order chi connectivity index (χ1) is 11.5. The van der Waals surface area contributed by atoms with Gasteiger partial charge in [0.05, 0.1) is 29.0 Å². The van der Waals surface area contributed by atoms with Crippen LogP contribution in [-0.2, 0) is 6.54 Å². The van der Waals surface area contributed by atoms with Crippen LogP contribution in [0.25, 0.3) is 4.96 Å². The number of aryl methyl sites for hydroxylation is 1. The summed E-state index contributed by atoms with van der Waals surface area (Å²) in [4.78, 5) is 17.4. The van der Waals surface area contributed by atoms with Crippen LogP contribution in [0.3, 0.4) is 0 Å². The Morgan fingerprint density at radius 1 is 1.42 bits per heavy atom. The van der Waals surface area contributed by atoms with Crippen molar-refractivity contribution in [1.29, 1.82) is 0 Å². The van der Waals surface area contributed by atoms with Crippen LogP contribution in [0.1, 0.15) is 18.3 Å². The molecule has 24 heavy (non-hydrogen) atoms. The van der Waals surface area contributed by atoms with E-state index in [2.05, 4.69) is 26.2 Å². The molecule has 1 aromatic carbocycles. The Hall–Kier alpha value is -1.57. The molecule has 0 aliphatic carbocycles. The molecule has 1 N–H and O–H groups in total. The van der Waals surface area contributed by atoms with Crippen molar-refractivity contribution in [3.63, 3.8) is 0 Å². The predicted molar refractivity (Wildman–Crippen MR) is 102 cm³/mol. The fourth-order valence-electron chi connectivity index (χ4n) is 2.36. The van der Waals surface area contributed by atoms with Crippen LogP contribution in [0, 0.1) is 6.92 Å². The average molecular weight is 429 g/mol. The number of nitrogens with one attached hydrogen (secondary N) is 1. The maximum absolute atomic E-state index is 12.2. The molecule has 0 saturated carbocycles. The summed E-state index contributed by atoms with van der Waals surface area (Å²) < 4.78 is 8.04. The van der Waals surface area contributed by atoms with Gasteiger partial charge in [0.2, 0.25) is 0 Å². The number of rotatable bonds is 5. The van der Waals surface area contributed by atoms with Crippen molar-refractivity contribution < 1.29 is 4.74 Å². The second-order valence-corrected chi connectivity index (χ2v) is 7.26. The molecule has 0 aliphatic rings. The minimum Gasteiger partial charge on any atom is -0.491 e. The van der Waals surface area contributed by atoms with Gasteiger partial charge in [-0.15, -0.1) is 11.3 Å². The summed E-state index contributed by atoms with van der Waals surface area (Å²) in [6.45, 7) is 4.74. The lowest BCUT2D eigenvalue weighted by Crippen LogP contribution is -2.16. The Labute approximate surface area is 156 Å². The molecule has 3 rings (SSSR count). The average Bonchev–Trinajstić information content (AvgIpc) is 2.90. The van der Waals surface area contributed by atoms with E-state index in [9.17, 15) is 4.79 Å². The molecule has 0 fully saturated rings. The van der Waals surface area contributed by atoms with Gasteiger partial charge >= 0.3 is 0 Å². The highest BCUT2D eigenvalue weighted by Crippen LogP contribution is 2.36. The third-order valence-corrected chi connectivity index (χ3v) is 5.14. The van der Waals surface area contributed by atoms with E-state index in [1.54, 1.807) is 22.6 Å². The molecule has 2 heterocycles. The first-order valence-electron chi connectivity index (χ1n) is 7.32. The second kappa shape index (κ2) is 7.13. The van der Waals surface area contributed by atoms with Crippen LogP contribution >= 0.6 is 38.9 Å². The van der Waals surface area contributed by atoms with Crippen molar-refractivity contribution in [2.45, 2.75) is 20.4 Å². The van der Waals surface area contributed by atoms with Gasteiger partial charge in [-0.3, -0.25) is 9.20 Å². The number of nitrogens with zero attached hydrogens (tertiary/aromatic N) is 2. The Morgan fingerprint density at radius 2 is 2.21 bits per heavy atom. The second-order valence-electron chi connectivity index (χ2n) is 5.13. The number of fused-ring (bicyclic) bond motifs is 1. The number of aromatic nitrogens is 2. The molecule has 5 nitrogen and oxygen atoms in total. The molecule has 8 heteroatoms. The molecule has 126 valence electrons. The zero-order valence-electron chi connectivity index (χ0n) is 13.1. The molecule has 0 bridgehead atoms. The first-order valence-corrected chi connectivity index (χ1v) is 9.37. The highest BCUT2D eigenvalue weighted by atomic mass is 79.9. The summed E-state index contributed by atoms with van der Waals surface area (Å²) in [5.74, 6) is 0.687. The van der Waals surface area contributed by atoms with Crippen LogP contribution in [0.2, 0.25) is 5.02 Å². The minimum absolute atomic E-state index is 0.0761. The van der Waals surface area contributed by atoms with Gasteiger partial charge in [-0.2, -0.15) is 0 Å². The summed E-state index contributed by atoms with van der Waals surface area (Å²) in [5, 5.41) is 5.76. The predicted octanol–water partition coefficient (Wildman–Crippen LogP) is 4.49. The van der Waals surface area contributed by atoms with Gasteiger partial charge in [-0.05, 0) is 41.9 Å². The third-order valence-electron chi connectivity index (χ3n) is 3.39. The van der Waals surface area contributed by atoms with Crippen LogP contribution < -0.4 is 15.6 Å². The molecule has 3 aromatic rings. The highest BCUT2D eigenvalue weighted by molar-refractivity contribution is 9.10. The molecular formula is C16H15BrClN3O2S. The van der Waals surface area contributed by atoms with Crippen molar-refractivity contribution in [2.75, 3.05) is 11.9 Å². The van der Waals surface area contributed by atoms with Crippen LogP contribution in [0.5, 0.6) is 5.75 Å². The molecule has 0 aliphatic heterocycles. The Balaban J connectivity index is 1.90. The zero-order valence-corrected chi connectivity index (χ0v) is 16.3. The number of benzene rings is 1. The number of thiazole rings is 1. The van der Waals surface area contributed by atoms with Gasteiger partial charge in [0.15, 0.2) is 10.7 Å². The first kappa shape index (κ1) is 17.3. The number of anilines is 1. The lowest BCUT2D eigenvalue weighted by molar-refractivity contribution is 0.339.